The second-order valence-electron chi connectivity index (χ2n) is 3.22. The molecule has 0 aliphatic carbocycles. The van der Waals surface area contributed by atoms with Crippen molar-refractivity contribution in [3.05, 3.63) is 40.1 Å². The van der Waals surface area contributed by atoms with Gasteiger partial charge in [-0.25, -0.2) is 0 Å². The van der Waals surface area contributed by atoms with Crippen molar-refractivity contribution in [1.29, 1.82) is 0 Å². The number of nitro benzene ring substituents is 1. The second-order valence-corrected chi connectivity index (χ2v) is 3.22. The monoisotopic (exact) mass is 204 g/mol. The molecule has 0 bridgehead atoms. The lowest BCUT2D eigenvalue weighted by molar-refractivity contribution is -0.383. The summed E-state index contributed by atoms with van der Waals surface area (Å²) in [5.41, 5.74) is 0.923. The highest BCUT2D eigenvalue weighted by Crippen LogP contribution is 2.27. The van der Waals surface area contributed by atoms with E-state index in [-0.39, 0.29) is 5.69 Å². The minimum absolute atomic E-state index is 0.0168. The van der Waals surface area contributed by atoms with E-state index in [2.05, 4.69) is 0 Å². The molecule has 0 unspecified atom stereocenters. The molecule has 0 aliphatic rings. The van der Waals surface area contributed by atoms with Crippen molar-refractivity contribution < 1.29 is 9.72 Å². The third-order valence-corrected chi connectivity index (χ3v) is 2.39. The van der Waals surface area contributed by atoms with Gasteiger partial charge in [0.2, 0.25) is 0 Å². The maximum absolute atomic E-state index is 10.8. The van der Waals surface area contributed by atoms with E-state index >= 15 is 0 Å². The predicted octanol–water partition coefficient (Wildman–Crippen LogP) is 1.90. The summed E-state index contributed by atoms with van der Waals surface area (Å²) >= 11 is 0. The molecule has 0 amide bonds. The Balaban J connectivity index is 2.90. The van der Waals surface area contributed by atoms with E-state index in [4.69, 9.17) is 0 Å². The van der Waals surface area contributed by atoms with Gasteiger partial charge in [-0.15, -0.1) is 0 Å². The lowest BCUT2D eigenvalue weighted by Crippen LogP contribution is -1.97. The maximum Gasteiger partial charge on any atom is 0.293 e. The summed E-state index contributed by atoms with van der Waals surface area (Å²) in [7, 11) is 1.64. The zero-order valence-electron chi connectivity index (χ0n) is 8.01. The van der Waals surface area contributed by atoms with Crippen LogP contribution >= 0.6 is 0 Å². The van der Waals surface area contributed by atoms with Crippen LogP contribution < -0.4 is 0 Å². The Labute approximate surface area is 85.1 Å². The lowest BCUT2D eigenvalue weighted by Gasteiger charge is -1.98. The summed E-state index contributed by atoms with van der Waals surface area (Å²) in [5, 5.41) is 11.5. The van der Waals surface area contributed by atoms with Crippen molar-refractivity contribution in [3.63, 3.8) is 0 Å². The number of para-hydroxylation sites is 1. The van der Waals surface area contributed by atoms with Gasteiger partial charge in [0.05, 0.1) is 10.6 Å². The molecule has 1 aromatic carbocycles. The van der Waals surface area contributed by atoms with E-state index in [1.807, 2.05) is 0 Å². The van der Waals surface area contributed by atoms with E-state index in [0.717, 1.165) is 0 Å². The number of fused-ring (bicyclic) bond motifs is 1. The average Bonchev–Trinajstić information content (AvgIpc) is 2.55. The third kappa shape index (κ3) is 1.28. The molecule has 0 N–H and O–H groups in total. The number of aryl methyl sites for hydroxylation is 1. The Morgan fingerprint density at radius 3 is 2.80 bits per heavy atom. The molecule has 76 valence electrons. The Bertz CT molecular complexity index is 557. The Hall–Kier alpha value is -2.17. The molecule has 0 fully saturated rings. The van der Waals surface area contributed by atoms with Crippen LogP contribution in [0.4, 0.5) is 5.69 Å². The van der Waals surface area contributed by atoms with Gasteiger partial charge in [0.1, 0.15) is 5.52 Å². The van der Waals surface area contributed by atoms with Crippen LogP contribution in [0.3, 0.4) is 0 Å². The van der Waals surface area contributed by atoms with Gasteiger partial charge in [-0.3, -0.25) is 14.9 Å². The fourth-order valence-corrected chi connectivity index (χ4v) is 1.68. The Morgan fingerprint density at radius 1 is 1.47 bits per heavy atom. The Kier molecular flexibility index (Phi) is 2.00. The largest absolute Gasteiger partial charge is 0.336 e. The second kappa shape index (κ2) is 3.20. The third-order valence-electron chi connectivity index (χ3n) is 2.39. The summed E-state index contributed by atoms with van der Waals surface area (Å²) < 4.78 is 1.53. The quantitative estimate of drug-likeness (QED) is 0.426. The molecule has 0 saturated heterocycles. The van der Waals surface area contributed by atoms with E-state index in [9.17, 15) is 14.9 Å². The van der Waals surface area contributed by atoms with Gasteiger partial charge in [-0.05, 0) is 6.07 Å². The Morgan fingerprint density at radius 2 is 2.20 bits per heavy atom. The van der Waals surface area contributed by atoms with Gasteiger partial charge in [-0.2, -0.15) is 0 Å². The summed E-state index contributed by atoms with van der Waals surface area (Å²) in [5.74, 6) is 0. The van der Waals surface area contributed by atoms with Crippen LogP contribution in [0.2, 0.25) is 0 Å². The smallest absolute Gasteiger partial charge is 0.293 e. The molecular weight excluding hydrogens is 196 g/mol. The normalized spacial score (nSPS) is 10.5. The molecule has 0 aliphatic heterocycles. The van der Waals surface area contributed by atoms with E-state index in [1.165, 1.54) is 10.6 Å². The molecule has 0 spiro atoms. The minimum Gasteiger partial charge on any atom is -0.336 e. The van der Waals surface area contributed by atoms with Crippen molar-refractivity contribution in [2.45, 2.75) is 0 Å². The molecule has 2 rings (SSSR count). The first kappa shape index (κ1) is 9.39. The fraction of sp³-hybridized carbons (Fsp3) is 0.100. The number of carbonyl (C=O) groups is 1. The number of aldehydes is 1. The molecule has 5 heteroatoms. The van der Waals surface area contributed by atoms with Crippen LogP contribution in [0.1, 0.15) is 10.5 Å². The van der Waals surface area contributed by atoms with Gasteiger partial charge in [0.25, 0.3) is 5.69 Å². The van der Waals surface area contributed by atoms with E-state index in [1.54, 1.807) is 25.2 Å². The average molecular weight is 204 g/mol. The zero-order valence-corrected chi connectivity index (χ0v) is 8.01. The first-order valence-electron chi connectivity index (χ1n) is 4.33. The molecule has 5 nitrogen and oxygen atoms in total. The van der Waals surface area contributed by atoms with E-state index < -0.39 is 4.92 Å². The van der Waals surface area contributed by atoms with E-state index in [0.29, 0.717) is 22.9 Å². The molecule has 15 heavy (non-hydrogen) atoms. The highest BCUT2D eigenvalue weighted by molar-refractivity contribution is 5.94. The van der Waals surface area contributed by atoms with Crippen LogP contribution in [-0.4, -0.2) is 15.8 Å². The maximum atomic E-state index is 10.8. The first-order chi connectivity index (χ1) is 7.15. The number of nitrogens with zero attached hydrogens (tertiary/aromatic N) is 2. The number of rotatable bonds is 2. The van der Waals surface area contributed by atoms with Gasteiger partial charge in [-0.1, -0.05) is 12.1 Å². The number of non-ortho nitro benzene ring substituents is 1. The molecular formula is C10H8N2O3. The summed E-state index contributed by atoms with van der Waals surface area (Å²) in [6, 6.07) is 6.41. The van der Waals surface area contributed by atoms with Crippen LogP contribution in [0, 0.1) is 10.1 Å². The summed E-state index contributed by atoms with van der Waals surface area (Å²) in [4.78, 5) is 21.0. The first-order valence-corrected chi connectivity index (χ1v) is 4.33. The SMILES string of the molecule is Cn1c(C=O)cc2cccc([N+](=O)[O-])c21. The predicted molar refractivity (Wildman–Crippen MR) is 55.0 cm³/mol. The van der Waals surface area contributed by atoms with Crippen LogP contribution in [-0.2, 0) is 7.05 Å². The van der Waals surface area contributed by atoms with Gasteiger partial charge in [0, 0.05) is 18.5 Å². The number of aromatic nitrogens is 1. The topological polar surface area (TPSA) is 65.1 Å². The number of hydrogen-bond donors (Lipinski definition) is 0. The fourth-order valence-electron chi connectivity index (χ4n) is 1.68. The van der Waals surface area contributed by atoms with Crippen molar-refractivity contribution in [1.82, 2.24) is 4.57 Å². The summed E-state index contributed by atoms with van der Waals surface area (Å²) in [6.45, 7) is 0. The molecule has 0 radical (unpaired) electrons. The highest BCUT2D eigenvalue weighted by atomic mass is 16.6. The van der Waals surface area contributed by atoms with Gasteiger partial charge >= 0.3 is 0 Å². The van der Waals surface area contributed by atoms with Gasteiger partial charge < -0.3 is 4.57 Å². The molecule has 0 atom stereocenters. The van der Waals surface area contributed by atoms with Crippen molar-refractivity contribution in [3.8, 4) is 0 Å². The summed E-state index contributed by atoms with van der Waals surface area (Å²) in [6.07, 6.45) is 0.684. The van der Waals surface area contributed by atoms with Crippen molar-refractivity contribution in [2.75, 3.05) is 0 Å². The van der Waals surface area contributed by atoms with Gasteiger partial charge in [0.15, 0.2) is 6.29 Å². The lowest BCUT2D eigenvalue weighted by atomic mass is 10.2. The minimum atomic E-state index is -0.448. The van der Waals surface area contributed by atoms with Crippen LogP contribution in [0.5, 0.6) is 0 Å². The standard InChI is InChI=1S/C10H8N2O3/c1-11-8(6-13)5-7-3-2-4-9(10(7)11)12(14)15/h2-6H,1H3. The van der Waals surface area contributed by atoms with Crippen LogP contribution in [0.25, 0.3) is 10.9 Å². The highest BCUT2D eigenvalue weighted by Gasteiger charge is 2.16. The number of benzene rings is 1. The van der Waals surface area contributed by atoms with Crippen molar-refractivity contribution >= 4 is 22.9 Å². The zero-order chi connectivity index (χ0) is 11.0. The number of hydrogen-bond acceptors (Lipinski definition) is 3. The number of carbonyl (C=O) groups excluding carboxylic acids is 1. The van der Waals surface area contributed by atoms with Crippen LogP contribution in [0.15, 0.2) is 24.3 Å². The molecule has 1 heterocycles. The number of nitro groups is 1. The molecule has 0 saturated carbocycles. The molecule has 1 aromatic heterocycles. The van der Waals surface area contributed by atoms with Crippen molar-refractivity contribution in [2.24, 2.45) is 7.05 Å². The molecule has 2 aromatic rings.